The van der Waals surface area contributed by atoms with Crippen LogP contribution in [0.2, 0.25) is 0 Å². The van der Waals surface area contributed by atoms with Crippen LogP contribution >= 0.6 is 0 Å². The lowest BCUT2D eigenvalue weighted by Crippen LogP contribution is -2.36. The normalized spacial score (nSPS) is 26.4. The van der Waals surface area contributed by atoms with E-state index in [-0.39, 0.29) is 17.9 Å². The summed E-state index contributed by atoms with van der Waals surface area (Å²) in [6.45, 7) is 3.72. The fraction of sp³-hybridized carbons (Fsp3) is 0.800. The molecule has 1 aliphatic heterocycles. The third-order valence-corrected chi connectivity index (χ3v) is 4.94. The molecule has 1 unspecified atom stereocenters. The standard InChI is InChI=1S/C15H25N5O/c1-10(14-19-18-13-3-2-8-20(13)14)17-15(21)12-6-4-11(9-16)5-7-12/h10-12H,2-9,16H2,1H3,(H,17,21). The molecule has 0 bridgehead atoms. The highest BCUT2D eigenvalue weighted by atomic mass is 16.1. The summed E-state index contributed by atoms with van der Waals surface area (Å²) in [7, 11) is 0. The molecule has 1 amide bonds. The summed E-state index contributed by atoms with van der Waals surface area (Å²) in [5.74, 6) is 2.84. The summed E-state index contributed by atoms with van der Waals surface area (Å²) in [5.41, 5.74) is 5.70. The number of aryl methyl sites for hydroxylation is 1. The van der Waals surface area contributed by atoms with Gasteiger partial charge in [0, 0.05) is 18.9 Å². The summed E-state index contributed by atoms with van der Waals surface area (Å²) in [5, 5.41) is 11.6. The molecule has 0 saturated heterocycles. The summed E-state index contributed by atoms with van der Waals surface area (Å²) >= 11 is 0. The van der Waals surface area contributed by atoms with E-state index < -0.39 is 0 Å². The number of fused-ring (bicyclic) bond motifs is 1. The molecule has 0 radical (unpaired) electrons. The van der Waals surface area contributed by atoms with Gasteiger partial charge in [-0.25, -0.2) is 0 Å². The zero-order valence-corrected chi connectivity index (χ0v) is 12.7. The van der Waals surface area contributed by atoms with Gasteiger partial charge in [0.05, 0.1) is 6.04 Å². The third-order valence-electron chi connectivity index (χ3n) is 4.94. The molecule has 2 aliphatic rings. The Morgan fingerprint density at radius 2 is 2.14 bits per heavy atom. The van der Waals surface area contributed by atoms with Gasteiger partial charge in [0.25, 0.3) is 0 Å². The fourth-order valence-electron chi connectivity index (χ4n) is 3.55. The smallest absolute Gasteiger partial charge is 0.223 e. The van der Waals surface area contributed by atoms with Gasteiger partial charge in [-0.15, -0.1) is 10.2 Å². The van der Waals surface area contributed by atoms with Crippen molar-refractivity contribution >= 4 is 5.91 Å². The van der Waals surface area contributed by atoms with Crippen LogP contribution in [0, 0.1) is 11.8 Å². The largest absolute Gasteiger partial charge is 0.346 e. The second kappa shape index (κ2) is 6.13. The SMILES string of the molecule is CC(NC(=O)C1CCC(CN)CC1)c1nnc2n1CCC2. The highest BCUT2D eigenvalue weighted by Gasteiger charge is 2.28. The lowest BCUT2D eigenvalue weighted by atomic mass is 9.81. The minimum atomic E-state index is -0.0657. The van der Waals surface area contributed by atoms with Crippen molar-refractivity contribution in [2.75, 3.05) is 6.54 Å². The zero-order valence-electron chi connectivity index (χ0n) is 12.7. The van der Waals surface area contributed by atoms with Gasteiger partial charge < -0.3 is 15.6 Å². The van der Waals surface area contributed by atoms with Crippen molar-refractivity contribution in [2.45, 2.75) is 58.0 Å². The second-order valence-electron chi connectivity index (χ2n) is 6.41. The zero-order chi connectivity index (χ0) is 14.8. The van der Waals surface area contributed by atoms with Crippen LogP contribution in [0.3, 0.4) is 0 Å². The van der Waals surface area contributed by atoms with Crippen molar-refractivity contribution in [3.63, 3.8) is 0 Å². The molecule has 21 heavy (non-hydrogen) atoms. The predicted molar refractivity (Wildman–Crippen MR) is 79.4 cm³/mol. The first-order valence-corrected chi connectivity index (χ1v) is 8.11. The maximum Gasteiger partial charge on any atom is 0.223 e. The molecule has 116 valence electrons. The molecule has 3 N–H and O–H groups in total. The minimum Gasteiger partial charge on any atom is -0.346 e. The van der Waals surface area contributed by atoms with Gasteiger partial charge in [0.1, 0.15) is 5.82 Å². The van der Waals surface area contributed by atoms with E-state index in [9.17, 15) is 4.79 Å². The summed E-state index contributed by atoms with van der Waals surface area (Å²) in [6, 6.07) is -0.0657. The van der Waals surface area contributed by atoms with E-state index in [0.29, 0.717) is 5.92 Å². The lowest BCUT2D eigenvalue weighted by Gasteiger charge is -2.27. The average molecular weight is 291 g/mol. The number of rotatable bonds is 4. The highest BCUT2D eigenvalue weighted by molar-refractivity contribution is 5.79. The first-order chi connectivity index (χ1) is 10.2. The molecule has 3 rings (SSSR count). The van der Waals surface area contributed by atoms with Crippen molar-refractivity contribution in [3.8, 4) is 0 Å². The topological polar surface area (TPSA) is 85.8 Å². The van der Waals surface area contributed by atoms with Crippen LogP contribution in [0.15, 0.2) is 0 Å². The van der Waals surface area contributed by atoms with Gasteiger partial charge >= 0.3 is 0 Å². The molecular weight excluding hydrogens is 266 g/mol. The maximum atomic E-state index is 12.4. The van der Waals surface area contributed by atoms with E-state index in [2.05, 4.69) is 20.1 Å². The summed E-state index contributed by atoms with van der Waals surface area (Å²) in [6.07, 6.45) is 6.18. The average Bonchev–Trinajstić information content (AvgIpc) is 3.09. The van der Waals surface area contributed by atoms with E-state index >= 15 is 0 Å². The van der Waals surface area contributed by atoms with Crippen LogP contribution in [-0.4, -0.2) is 27.2 Å². The van der Waals surface area contributed by atoms with Crippen molar-refractivity contribution in [2.24, 2.45) is 17.6 Å². The number of nitrogens with one attached hydrogen (secondary N) is 1. The first-order valence-electron chi connectivity index (χ1n) is 8.11. The fourth-order valence-corrected chi connectivity index (χ4v) is 3.55. The van der Waals surface area contributed by atoms with Crippen molar-refractivity contribution < 1.29 is 4.79 Å². The van der Waals surface area contributed by atoms with Crippen LogP contribution in [0.4, 0.5) is 0 Å². The van der Waals surface area contributed by atoms with Gasteiger partial charge in [-0.2, -0.15) is 0 Å². The Labute approximate surface area is 125 Å². The van der Waals surface area contributed by atoms with Crippen LogP contribution < -0.4 is 11.1 Å². The summed E-state index contributed by atoms with van der Waals surface area (Å²) in [4.78, 5) is 12.4. The quantitative estimate of drug-likeness (QED) is 0.872. The third kappa shape index (κ3) is 2.95. The summed E-state index contributed by atoms with van der Waals surface area (Å²) < 4.78 is 2.15. The Hall–Kier alpha value is -1.43. The number of hydrogen-bond acceptors (Lipinski definition) is 4. The van der Waals surface area contributed by atoms with Gasteiger partial charge in [-0.3, -0.25) is 4.79 Å². The van der Waals surface area contributed by atoms with E-state index in [1.165, 1.54) is 0 Å². The van der Waals surface area contributed by atoms with Crippen molar-refractivity contribution in [1.82, 2.24) is 20.1 Å². The van der Waals surface area contributed by atoms with E-state index in [0.717, 1.165) is 63.3 Å². The number of nitrogens with zero attached hydrogens (tertiary/aromatic N) is 3. The van der Waals surface area contributed by atoms with Gasteiger partial charge in [-0.1, -0.05) is 0 Å². The van der Waals surface area contributed by atoms with Crippen LogP contribution in [-0.2, 0) is 17.8 Å². The number of nitrogens with two attached hydrogens (primary N) is 1. The maximum absolute atomic E-state index is 12.4. The van der Waals surface area contributed by atoms with E-state index in [1.807, 2.05) is 6.92 Å². The Balaban J connectivity index is 1.57. The molecule has 1 atom stereocenters. The lowest BCUT2D eigenvalue weighted by molar-refractivity contribution is -0.126. The monoisotopic (exact) mass is 291 g/mol. The predicted octanol–water partition coefficient (Wildman–Crippen LogP) is 1.17. The molecule has 1 aromatic heterocycles. The van der Waals surface area contributed by atoms with Crippen molar-refractivity contribution in [1.29, 1.82) is 0 Å². The molecule has 0 spiro atoms. The number of hydrogen-bond donors (Lipinski definition) is 2. The van der Waals surface area contributed by atoms with Gasteiger partial charge in [0.2, 0.25) is 5.91 Å². The molecule has 1 fully saturated rings. The van der Waals surface area contributed by atoms with Crippen molar-refractivity contribution in [3.05, 3.63) is 11.6 Å². The van der Waals surface area contributed by atoms with E-state index in [1.54, 1.807) is 0 Å². The van der Waals surface area contributed by atoms with E-state index in [4.69, 9.17) is 5.73 Å². The molecule has 6 nitrogen and oxygen atoms in total. The molecule has 1 aliphatic carbocycles. The van der Waals surface area contributed by atoms with Crippen LogP contribution in [0.1, 0.15) is 56.7 Å². The molecule has 0 aromatic carbocycles. The molecule has 2 heterocycles. The Kier molecular flexibility index (Phi) is 4.24. The Morgan fingerprint density at radius 3 is 2.86 bits per heavy atom. The first kappa shape index (κ1) is 14.5. The number of carbonyl (C=O) groups is 1. The number of amides is 1. The molecule has 6 heteroatoms. The number of aromatic nitrogens is 3. The molecule has 1 saturated carbocycles. The highest BCUT2D eigenvalue weighted by Crippen LogP contribution is 2.29. The van der Waals surface area contributed by atoms with Gasteiger partial charge in [-0.05, 0) is 51.5 Å². The molecule has 1 aromatic rings. The number of carbonyl (C=O) groups excluding carboxylic acids is 1. The molecular formula is C15H25N5O. The van der Waals surface area contributed by atoms with Crippen LogP contribution in [0.25, 0.3) is 0 Å². The van der Waals surface area contributed by atoms with Crippen LogP contribution in [0.5, 0.6) is 0 Å². The second-order valence-corrected chi connectivity index (χ2v) is 6.41. The van der Waals surface area contributed by atoms with Gasteiger partial charge in [0.15, 0.2) is 5.82 Å². The Bertz CT molecular complexity index is 504. The minimum absolute atomic E-state index is 0.0657. The Morgan fingerprint density at radius 1 is 1.38 bits per heavy atom.